The number of H-pyrrole nitrogens is 1. The van der Waals surface area contributed by atoms with Gasteiger partial charge in [-0.3, -0.25) is 4.79 Å². The highest BCUT2D eigenvalue weighted by atomic mass is 16.6. The van der Waals surface area contributed by atoms with Gasteiger partial charge in [-0.05, 0) is 11.8 Å². The van der Waals surface area contributed by atoms with Gasteiger partial charge in [-0.25, -0.2) is 4.79 Å². The van der Waals surface area contributed by atoms with Crippen LogP contribution in [0.2, 0.25) is 0 Å². The third-order valence-corrected chi connectivity index (χ3v) is 3.07. The minimum Gasteiger partial charge on any atom is -0.450 e. The maximum Gasteiger partial charge on any atom is 0.409 e. The molecule has 0 saturated carbocycles. The molecule has 0 aliphatic carbocycles. The second-order valence-electron chi connectivity index (χ2n) is 4.37. The average molecular weight is 297 g/mol. The summed E-state index contributed by atoms with van der Waals surface area (Å²) in [5.41, 5.74) is -0.00807. The predicted octanol–water partition coefficient (Wildman–Crippen LogP) is 0.232. The van der Waals surface area contributed by atoms with Crippen LogP contribution < -0.4 is 0 Å². The van der Waals surface area contributed by atoms with E-state index in [4.69, 9.17) is 4.74 Å². The smallest absolute Gasteiger partial charge is 0.409 e. The molecule has 10 heteroatoms. The molecule has 1 aliphatic rings. The molecule has 0 atom stereocenters. The van der Waals surface area contributed by atoms with Gasteiger partial charge in [0.1, 0.15) is 0 Å². The van der Waals surface area contributed by atoms with Crippen molar-refractivity contribution in [1.29, 1.82) is 0 Å². The molecular weight excluding hydrogens is 282 g/mol. The summed E-state index contributed by atoms with van der Waals surface area (Å²) in [6, 6.07) is 1.10. The predicted molar refractivity (Wildman–Crippen MR) is 69.7 cm³/mol. The minimum atomic E-state index is -0.650. The van der Waals surface area contributed by atoms with E-state index in [1.54, 1.807) is 6.92 Å². The van der Waals surface area contributed by atoms with Crippen molar-refractivity contribution >= 4 is 17.8 Å². The number of carbonyl (C=O) groups excluding carboxylic acids is 2. The number of nitro groups is 1. The molecular formula is C11H15N5O5. The van der Waals surface area contributed by atoms with Crippen molar-refractivity contribution in [2.45, 2.75) is 6.92 Å². The molecule has 2 heterocycles. The molecule has 0 radical (unpaired) electrons. The maximum absolute atomic E-state index is 12.1. The molecule has 2 amide bonds. The van der Waals surface area contributed by atoms with E-state index >= 15 is 0 Å². The van der Waals surface area contributed by atoms with Crippen molar-refractivity contribution in [2.24, 2.45) is 0 Å². The Morgan fingerprint density at radius 3 is 2.52 bits per heavy atom. The Hall–Kier alpha value is -2.65. The number of piperazine rings is 1. The van der Waals surface area contributed by atoms with Crippen LogP contribution in [-0.2, 0) is 4.74 Å². The maximum atomic E-state index is 12.1. The van der Waals surface area contributed by atoms with Gasteiger partial charge >= 0.3 is 11.9 Å². The fraction of sp³-hybridized carbons (Fsp3) is 0.545. The third-order valence-electron chi connectivity index (χ3n) is 3.07. The number of carbonyl (C=O) groups is 2. The first kappa shape index (κ1) is 14.8. The number of ether oxygens (including phenoxy) is 1. The number of hydrogen-bond acceptors (Lipinski definition) is 6. The van der Waals surface area contributed by atoms with Gasteiger partial charge in [0.2, 0.25) is 0 Å². The Kier molecular flexibility index (Phi) is 4.36. The van der Waals surface area contributed by atoms with Crippen LogP contribution in [0.5, 0.6) is 0 Å². The molecule has 1 aromatic rings. The van der Waals surface area contributed by atoms with Gasteiger partial charge in [0.25, 0.3) is 5.91 Å². The van der Waals surface area contributed by atoms with E-state index < -0.39 is 16.9 Å². The van der Waals surface area contributed by atoms with Gasteiger partial charge in [-0.2, -0.15) is 0 Å². The van der Waals surface area contributed by atoms with Crippen LogP contribution in [0.4, 0.5) is 10.6 Å². The molecule has 1 aliphatic heterocycles. The Bertz CT molecular complexity index is 549. The van der Waals surface area contributed by atoms with Crippen molar-refractivity contribution < 1.29 is 19.2 Å². The summed E-state index contributed by atoms with van der Waals surface area (Å²) in [5, 5.41) is 16.4. The molecule has 1 fully saturated rings. The molecule has 1 N–H and O–H groups in total. The molecule has 1 saturated heterocycles. The van der Waals surface area contributed by atoms with Gasteiger partial charge in [-0.15, -0.1) is 5.10 Å². The molecule has 0 aromatic carbocycles. The normalized spacial score (nSPS) is 14.9. The van der Waals surface area contributed by atoms with E-state index in [0.29, 0.717) is 32.8 Å². The highest BCUT2D eigenvalue weighted by Crippen LogP contribution is 2.12. The number of nitrogens with one attached hydrogen (secondary N) is 1. The van der Waals surface area contributed by atoms with E-state index in [1.807, 2.05) is 0 Å². The van der Waals surface area contributed by atoms with E-state index in [1.165, 1.54) is 9.80 Å². The first-order chi connectivity index (χ1) is 10.0. The lowest BCUT2D eigenvalue weighted by molar-refractivity contribution is -0.389. The lowest BCUT2D eigenvalue weighted by Gasteiger charge is -2.33. The SMILES string of the molecule is CCOC(=O)N1CCN(C(=O)c2cc([N+](=O)[O-])[nH]n2)CC1. The number of rotatable bonds is 3. The Labute approximate surface area is 119 Å². The summed E-state index contributed by atoms with van der Waals surface area (Å²) in [6.07, 6.45) is -0.403. The first-order valence-electron chi connectivity index (χ1n) is 6.43. The number of amides is 2. The van der Waals surface area contributed by atoms with Crippen LogP contribution in [0.3, 0.4) is 0 Å². The van der Waals surface area contributed by atoms with Crippen LogP contribution in [0, 0.1) is 10.1 Å². The molecule has 10 nitrogen and oxygen atoms in total. The Morgan fingerprint density at radius 1 is 1.38 bits per heavy atom. The second-order valence-corrected chi connectivity index (χ2v) is 4.37. The topological polar surface area (TPSA) is 122 Å². The summed E-state index contributed by atoms with van der Waals surface area (Å²) in [5.74, 6) is -0.730. The van der Waals surface area contributed by atoms with Crippen molar-refractivity contribution in [2.75, 3.05) is 32.8 Å². The summed E-state index contributed by atoms with van der Waals surface area (Å²) < 4.78 is 4.88. The van der Waals surface area contributed by atoms with Crippen LogP contribution in [0.1, 0.15) is 17.4 Å². The number of aromatic amines is 1. The summed E-state index contributed by atoms with van der Waals surface area (Å²) in [6.45, 7) is 3.40. The Morgan fingerprint density at radius 2 is 2.00 bits per heavy atom. The largest absolute Gasteiger partial charge is 0.450 e. The zero-order chi connectivity index (χ0) is 15.4. The standard InChI is InChI=1S/C11H15N5O5/c1-2-21-11(18)15-5-3-14(4-6-15)10(17)8-7-9(13-12-8)16(19)20/h7H,2-6H2,1H3,(H,12,13). The van der Waals surface area contributed by atoms with E-state index in [9.17, 15) is 19.7 Å². The van der Waals surface area contributed by atoms with Gasteiger partial charge in [0, 0.05) is 26.2 Å². The summed E-state index contributed by atoms with van der Waals surface area (Å²) in [7, 11) is 0. The molecule has 1 aromatic heterocycles. The van der Waals surface area contributed by atoms with Crippen molar-refractivity contribution in [1.82, 2.24) is 20.0 Å². The van der Waals surface area contributed by atoms with E-state index in [0.717, 1.165) is 6.07 Å². The van der Waals surface area contributed by atoms with Gasteiger partial charge in [0.05, 0.1) is 12.7 Å². The minimum absolute atomic E-state index is 0.00807. The van der Waals surface area contributed by atoms with Gasteiger partial charge in [0.15, 0.2) is 5.69 Å². The Balaban J connectivity index is 1.93. The number of nitrogens with zero attached hydrogens (tertiary/aromatic N) is 4. The van der Waals surface area contributed by atoms with Crippen molar-refractivity contribution in [3.63, 3.8) is 0 Å². The second kappa shape index (κ2) is 6.20. The van der Waals surface area contributed by atoms with E-state index in [-0.39, 0.29) is 11.5 Å². The van der Waals surface area contributed by atoms with Crippen molar-refractivity contribution in [3.05, 3.63) is 21.9 Å². The zero-order valence-electron chi connectivity index (χ0n) is 11.4. The summed E-state index contributed by atoms with van der Waals surface area (Å²) >= 11 is 0. The average Bonchev–Trinajstić information content (AvgIpc) is 2.97. The fourth-order valence-electron chi connectivity index (χ4n) is 1.98. The molecule has 21 heavy (non-hydrogen) atoms. The highest BCUT2D eigenvalue weighted by Gasteiger charge is 2.27. The van der Waals surface area contributed by atoms with Gasteiger partial charge < -0.3 is 24.7 Å². The monoisotopic (exact) mass is 297 g/mol. The zero-order valence-corrected chi connectivity index (χ0v) is 11.4. The quantitative estimate of drug-likeness (QED) is 0.629. The third kappa shape index (κ3) is 3.27. The molecule has 0 spiro atoms. The van der Waals surface area contributed by atoms with Crippen LogP contribution in [-0.4, -0.2) is 69.7 Å². The van der Waals surface area contributed by atoms with E-state index in [2.05, 4.69) is 10.2 Å². The van der Waals surface area contributed by atoms with Crippen LogP contribution >= 0.6 is 0 Å². The molecule has 2 rings (SSSR count). The van der Waals surface area contributed by atoms with Gasteiger partial charge in [-0.1, -0.05) is 5.10 Å². The number of hydrogen-bond donors (Lipinski definition) is 1. The highest BCUT2D eigenvalue weighted by molar-refractivity contribution is 5.93. The lowest BCUT2D eigenvalue weighted by Crippen LogP contribution is -2.50. The fourth-order valence-corrected chi connectivity index (χ4v) is 1.98. The molecule has 0 bridgehead atoms. The first-order valence-corrected chi connectivity index (χ1v) is 6.43. The van der Waals surface area contributed by atoms with Crippen LogP contribution in [0.15, 0.2) is 6.07 Å². The molecule has 0 unspecified atom stereocenters. The summed E-state index contributed by atoms with van der Waals surface area (Å²) in [4.78, 5) is 36.6. The van der Waals surface area contributed by atoms with Crippen molar-refractivity contribution in [3.8, 4) is 0 Å². The molecule has 114 valence electrons. The number of aromatic nitrogens is 2. The van der Waals surface area contributed by atoms with Crippen LogP contribution in [0.25, 0.3) is 0 Å². The lowest BCUT2D eigenvalue weighted by atomic mass is 10.3.